The van der Waals surface area contributed by atoms with Crippen molar-refractivity contribution in [1.29, 1.82) is 0 Å². The van der Waals surface area contributed by atoms with Gasteiger partial charge in [-0.3, -0.25) is 0 Å². The summed E-state index contributed by atoms with van der Waals surface area (Å²) in [6, 6.07) is 1.85. The SMILES string of the molecule is Cc1cc(Cc2nc(C3(N)CCC3)no2)no1. The minimum absolute atomic E-state index is 0.374. The number of aromatic nitrogens is 3. The van der Waals surface area contributed by atoms with Crippen LogP contribution >= 0.6 is 0 Å². The zero-order valence-electron chi connectivity index (χ0n) is 9.64. The van der Waals surface area contributed by atoms with E-state index in [4.69, 9.17) is 14.8 Å². The van der Waals surface area contributed by atoms with Crippen molar-refractivity contribution in [3.63, 3.8) is 0 Å². The van der Waals surface area contributed by atoms with E-state index < -0.39 is 0 Å². The standard InChI is InChI=1S/C11H14N4O2/c1-7-5-8(14-16-7)6-9-13-10(15-17-9)11(12)3-2-4-11/h5H,2-4,6,12H2,1H3. The molecule has 0 amide bonds. The lowest BCUT2D eigenvalue weighted by Gasteiger charge is -2.34. The monoisotopic (exact) mass is 234 g/mol. The van der Waals surface area contributed by atoms with Crippen LogP contribution in [0.1, 0.15) is 42.4 Å². The van der Waals surface area contributed by atoms with E-state index in [1.807, 2.05) is 13.0 Å². The molecule has 0 radical (unpaired) electrons. The lowest BCUT2D eigenvalue weighted by atomic mass is 9.77. The van der Waals surface area contributed by atoms with Gasteiger partial charge in [-0.1, -0.05) is 10.3 Å². The van der Waals surface area contributed by atoms with Gasteiger partial charge in [-0.2, -0.15) is 4.98 Å². The molecular formula is C11H14N4O2. The van der Waals surface area contributed by atoms with E-state index in [0.29, 0.717) is 18.1 Å². The van der Waals surface area contributed by atoms with Gasteiger partial charge in [-0.25, -0.2) is 0 Å². The van der Waals surface area contributed by atoms with Crippen LogP contribution in [0.2, 0.25) is 0 Å². The molecule has 6 nitrogen and oxygen atoms in total. The summed E-state index contributed by atoms with van der Waals surface area (Å²) in [5.41, 5.74) is 6.53. The van der Waals surface area contributed by atoms with E-state index in [2.05, 4.69) is 15.3 Å². The van der Waals surface area contributed by atoms with Crippen molar-refractivity contribution < 1.29 is 9.05 Å². The fourth-order valence-corrected chi connectivity index (χ4v) is 1.97. The van der Waals surface area contributed by atoms with E-state index >= 15 is 0 Å². The first-order valence-corrected chi connectivity index (χ1v) is 5.70. The second-order valence-corrected chi connectivity index (χ2v) is 4.63. The first kappa shape index (κ1) is 10.5. The summed E-state index contributed by atoms with van der Waals surface area (Å²) in [6.07, 6.45) is 3.47. The Bertz CT molecular complexity index is 527. The average Bonchev–Trinajstić information content (AvgIpc) is 2.85. The third-order valence-electron chi connectivity index (χ3n) is 3.17. The molecule has 1 aliphatic rings. The first-order valence-electron chi connectivity index (χ1n) is 5.70. The fraction of sp³-hybridized carbons (Fsp3) is 0.545. The highest BCUT2D eigenvalue weighted by Gasteiger charge is 2.38. The van der Waals surface area contributed by atoms with Crippen LogP contribution in [0.25, 0.3) is 0 Å². The zero-order chi connectivity index (χ0) is 11.9. The van der Waals surface area contributed by atoms with Crippen molar-refractivity contribution >= 4 is 0 Å². The Morgan fingerprint density at radius 3 is 2.76 bits per heavy atom. The smallest absolute Gasteiger partial charge is 0.232 e. The summed E-state index contributed by atoms with van der Waals surface area (Å²) in [4.78, 5) is 4.32. The van der Waals surface area contributed by atoms with Crippen LogP contribution in [0, 0.1) is 6.92 Å². The summed E-state index contributed by atoms with van der Waals surface area (Å²) >= 11 is 0. The van der Waals surface area contributed by atoms with Crippen LogP contribution in [0.5, 0.6) is 0 Å². The fourth-order valence-electron chi connectivity index (χ4n) is 1.97. The minimum Gasteiger partial charge on any atom is -0.361 e. The second-order valence-electron chi connectivity index (χ2n) is 4.63. The van der Waals surface area contributed by atoms with Gasteiger partial charge >= 0.3 is 0 Å². The molecule has 2 aromatic heterocycles. The summed E-state index contributed by atoms with van der Waals surface area (Å²) in [5.74, 6) is 1.91. The molecule has 17 heavy (non-hydrogen) atoms. The van der Waals surface area contributed by atoms with Crippen molar-refractivity contribution in [3.8, 4) is 0 Å². The number of nitrogens with zero attached hydrogens (tertiary/aromatic N) is 3. The summed E-state index contributed by atoms with van der Waals surface area (Å²) in [7, 11) is 0. The molecule has 1 aliphatic carbocycles. The molecule has 2 N–H and O–H groups in total. The molecule has 2 heterocycles. The molecule has 0 aliphatic heterocycles. The van der Waals surface area contributed by atoms with Gasteiger partial charge in [-0.05, 0) is 26.2 Å². The molecule has 0 atom stereocenters. The normalized spacial score (nSPS) is 18.0. The van der Waals surface area contributed by atoms with Crippen molar-refractivity contribution in [2.75, 3.05) is 0 Å². The largest absolute Gasteiger partial charge is 0.361 e. The van der Waals surface area contributed by atoms with Crippen LogP contribution in [0.15, 0.2) is 15.1 Å². The molecule has 6 heteroatoms. The summed E-state index contributed by atoms with van der Waals surface area (Å²) in [6.45, 7) is 1.85. The van der Waals surface area contributed by atoms with Gasteiger partial charge in [0.1, 0.15) is 5.76 Å². The van der Waals surface area contributed by atoms with Crippen molar-refractivity contribution in [3.05, 3.63) is 29.2 Å². The highest BCUT2D eigenvalue weighted by Crippen LogP contribution is 2.36. The van der Waals surface area contributed by atoms with Gasteiger partial charge in [0.15, 0.2) is 5.82 Å². The maximum absolute atomic E-state index is 6.12. The predicted molar refractivity (Wildman–Crippen MR) is 58.1 cm³/mol. The molecule has 3 rings (SSSR count). The average molecular weight is 234 g/mol. The van der Waals surface area contributed by atoms with Crippen molar-refractivity contribution in [2.45, 2.75) is 38.1 Å². The van der Waals surface area contributed by atoms with Crippen molar-refractivity contribution in [1.82, 2.24) is 15.3 Å². The van der Waals surface area contributed by atoms with Crippen LogP contribution in [-0.2, 0) is 12.0 Å². The van der Waals surface area contributed by atoms with Crippen LogP contribution in [0.4, 0.5) is 0 Å². The van der Waals surface area contributed by atoms with Gasteiger partial charge in [-0.15, -0.1) is 0 Å². The molecule has 0 aromatic carbocycles. The predicted octanol–water partition coefficient (Wildman–Crippen LogP) is 1.29. The van der Waals surface area contributed by atoms with Gasteiger partial charge in [0.2, 0.25) is 5.89 Å². The lowest BCUT2D eigenvalue weighted by Crippen LogP contribution is -2.44. The van der Waals surface area contributed by atoms with E-state index in [9.17, 15) is 0 Å². The Morgan fingerprint density at radius 1 is 1.35 bits per heavy atom. The number of hydrogen-bond donors (Lipinski definition) is 1. The van der Waals surface area contributed by atoms with Crippen LogP contribution in [-0.4, -0.2) is 15.3 Å². The minimum atomic E-state index is -0.374. The molecule has 0 saturated heterocycles. The van der Waals surface area contributed by atoms with Gasteiger partial charge in [0.05, 0.1) is 17.7 Å². The number of nitrogens with two attached hydrogens (primary N) is 1. The maximum atomic E-state index is 6.12. The maximum Gasteiger partial charge on any atom is 0.232 e. The number of rotatable bonds is 3. The third kappa shape index (κ3) is 1.84. The topological polar surface area (TPSA) is 91.0 Å². The van der Waals surface area contributed by atoms with Crippen LogP contribution < -0.4 is 5.73 Å². The molecular weight excluding hydrogens is 220 g/mol. The molecule has 0 unspecified atom stereocenters. The quantitative estimate of drug-likeness (QED) is 0.860. The second kappa shape index (κ2) is 3.66. The Kier molecular flexibility index (Phi) is 2.25. The molecule has 0 bridgehead atoms. The molecule has 90 valence electrons. The summed E-state index contributed by atoms with van der Waals surface area (Å²) < 4.78 is 10.2. The first-order chi connectivity index (χ1) is 8.16. The van der Waals surface area contributed by atoms with E-state index in [1.165, 1.54) is 0 Å². The lowest BCUT2D eigenvalue weighted by molar-refractivity contribution is 0.229. The number of hydrogen-bond acceptors (Lipinski definition) is 6. The highest BCUT2D eigenvalue weighted by atomic mass is 16.5. The van der Waals surface area contributed by atoms with Gasteiger partial charge in [0, 0.05) is 6.07 Å². The van der Waals surface area contributed by atoms with Gasteiger partial charge < -0.3 is 14.8 Å². The molecule has 1 fully saturated rings. The Hall–Kier alpha value is -1.69. The third-order valence-corrected chi connectivity index (χ3v) is 3.17. The van der Waals surface area contributed by atoms with E-state index in [-0.39, 0.29) is 5.54 Å². The molecule has 1 saturated carbocycles. The van der Waals surface area contributed by atoms with Crippen LogP contribution in [0.3, 0.4) is 0 Å². The molecule has 0 spiro atoms. The Labute approximate surface area is 98.2 Å². The van der Waals surface area contributed by atoms with E-state index in [0.717, 1.165) is 30.7 Å². The highest BCUT2D eigenvalue weighted by molar-refractivity contribution is 5.12. The van der Waals surface area contributed by atoms with Gasteiger partial charge in [0.25, 0.3) is 0 Å². The summed E-state index contributed by atoms with van der Waals surface area (Å²) in [5, 5.41) is 7.83. The van der Waals surface area contributed by atoms with E-state index in [1.54, 1.807) is 0 Å². The zero-order valence-corrected chi connectivity index (χ0v) is 9.64. The molecule has 2 aromatic rings. The Balaban J connectivity index is 1.76. The van der Waals surface area contributed by atoms with Crippen molar-refractivity contribution in [2.24, 2.45) is 5.73 Å². The number of aryl methyl sites for hydroxylation is 1. The Morgan fingerprint density at radius 2 is 2.18 bits per heavy atom.